The van der Waals surface area contributed by atoms with Crippen LogP contribution in [0.4, 0.5) is 0 Å². The fraction of sp³-hybridized carbons (Fsp3) is 0.333. The summed E-state index contributed by atoms with van der Waals surface area (Å²) in [5, 5.41) is 0.614. The number of halogens is 1. The minimum atomic E-state index is -0.447. The number of aryl methyl sites for hydroxylation is 1. The van der Waals surface area contributed by atoms with Gasteiger partial charge < -0.3 is 18.8 Å². The van der Waals surface area contributed by atoms with Gasteiger partial charge in [-0.15, -0.1) is 0 Å². The summed E-state index contributed by atoms with van der Waals surface area (Å²) in [6, 6.07) is 9.82. The molecule has 1 fully saturated rings. The highest BCUT2D eigenvalue weighted by atomic mass is 35.5. The Bertz CT molecular complexity index is 802. The second-order valence-corrected chi connectivity index (χ2v) is 6.27. The number of hydrogen-bond acceptors (Lipinski definition) is 5. The molecule has 0 aliphatic carbocycles. The Labute approximate surface area is 149 Å². The van der Waals surface area contributed by atoms with Gasteiger partial charge in [-0.1, -0.05) is 11.6 Å². The number of hydrogen-bond donors (Lipinski definition) is 0. The monoisotopic (exact) mass is 363 g/mol. The Hall–Kier alpha value is -2.47. The Morgan fingerprint density at radius 1 is 1.28 bits per heavy atom. The van der Waals surface area contributed by atoms with E-state index in [1.165, 1.54) is 6.07 Å². The fourth-order valence-electron chi connectivity index (χ4n) is 2.65. The number of likely N-dealkylation sites (tertiary alicyclic amines) is 1. The molecule has 7 heteroatoms. The van der Waals surface area contributed by atoms with Gasteiger partial charge in [-0.25, -0.2) is 4.79 Å². The topological polar surface area (TPSA) is 69.0 Å². The first-order chi connectivity index (χ1) is 12.0. The van der Waals surface area contributed by atoms with Crippen LogP contribution in [-0.4, -0.2) is 36.6 Å². The molecule has 6 nitrogen and oxygen atoms in total. The summed E-state index contributed by atoms with van der Waals surface area (Å²) in [7, 11) is 0. The van der Waals surface area contributed by atoms with E-state index >= 15 is 0 Å². The van der Waals surface area contributed by atoms with Crippen molar-refractivity contribution in [2.45, 2.75) is 19.4 Å². The molecule has 0 saturated carbocycles. The van der Waals surface area contributed by atoms with Crippen molar-refractivity contribution in [1.82, 2.24) is 4.90 Å². The summed E-state index contributed by atoms with van der Waals surface area (Å²) in [6.07, 6.45) is 0.548. The van der Waals surface area contributed by atoms with E-state index in [1.807, 2.05) is 0 Å². The molecule has 3 rings (SSSR count). The molecule has 0 N–H and O–H groups in total. The van der Waals surface area contributed by atoms with Crippen LogP contribution in [0.2, 0.25) is 5.02 Å². The summed E-state index contributed by atoms with van der Waals surface area (Å²) < 4.78 is 16.2. The van der Waals surface area contributed by atoms with Crippen LogP contribution in [0.1, 0.15) is 12.2 Å². The Kier molecular flexibility index (Phi) is 5.28. The molecule has 1 aliphatic heterocycles. The molecule has 2 aromatic rings. The Balaban J connectivity index is 1.50. The van der Waals surface area contributed by atoms with E-state index in [9.17, 15) is 9.59 Å². The van der Waals surface area contributed by atoms with E-state index in [0.717, 1.165) is 0 Å². The van der Waals surface area contributed by atoms with Gasteiger partial charge in [0.15, 0.2) is 6.61 Å². The van der Waals surface area contributed by atoms with Crippen molar-refractivity contribution in [3.05, 3.63) is 57.6 Å². The number of carbonyl (C=O) groups is 1. The number of amides is 1. The highest BCUT2D eigenvalue weighted by molar-refractivity contribution is 6.30. The van der Waals surface area contributed by atoms with Gasteiger partial charge >= 0.3 is 5.63 Å². The fourth-order valence-corrected chi connectivity index (χ4v) is 2.78. The minimum absolute atomic E-state index is 0.0393. The predicted molar refractivity (Wildman–Crippen MR) is 92.3 cm³/mol. The normalized spacial score (nSPS) is 16.7. The van der Waals surface area contributed by atoms with E-state index in [1.54, 1.807) is 42.2 Å². The summed E-state index contributed by atoms with van der Waals surface area (Å²) >= 11 is 5.81. The smallest absolute Gasteiger partial charge is 0.339 e. The van der Waals surface area contributed by atoms with Gasteiger partial charge in [0.1, 0.15) is 23.4 Å². The number of benzene rings is 1. The van der Waals surface area contributed by atoms with E-state index < -0.39 is 5.63 Å². The zero-order chi connectivity index (χ0) is 17.8. The van der Waals surface area contributed by atoms with Gasteiger partial charge in [0, 0.05) is 24.1 Å². The Morgan fingerprint density at radius 2 is 2.04 bits per heavy atom. The molecule has 0 radical (unpaired) electrons. The highest BCUT2D eigenvalue weighted by Crippen LogP contribution is 2.19. The van der Waals surface area contributed by atoms with E-state index in [0.29, 0.717) is 41.8 Å². The standard InChI is InChI=1S/C18H18ClNO5/c1-12-8-16(9-18(22)24-12)25-15-6-7-20(10-15)17(21)11-23-14-4-2-13(19)3-5-14/h2-5,8-9,15H,6-7,10-11H2,1H3. The molecule has 0 spiro atoms. The lowest BCUT2D eigenvalue weighted by molar-refractivity contribution is -0.132. The van der Waals surface area contributed by atoms with Crippen molar-refractivity contribution >= 4 is 17.5 Å². The number of ether oxygens (including phenoxy) is 2. The lowest BCUT2D eigenvalue weighted by Crippen LogP contribution is -2.34. The minimum Gasteiger partial charge on any atom is -0.488 e. The van der Waals surface area contributed by atoms with Gasteiger partial charge in [0.2, 0.25) is 0 Å². The average Bonchev–Trinajstić information content (AvgIpc) is 3.01. The van der Waals surface area contributed by atoms with Crippen LogP contribution < -0.4 is 15.1 Å². The third-order valence-corrected chi connectivity index (χ3v) is 4.10. The van der Waals surface area contributed by atoms with Crippen LogP contribution in [0.5, 0.6) is 11.5 Å². The zero-order valence-corrected chi connectivity index (χ0v) is 14.5. The molecule has 1 aromatic carbocycles. The lowest BCUT2D eigenvalue weighted by Gasteiger charge is -2.17. The van der Waals surface area contributed by atoms with Crippen molar-refractivity contribution in [2.75, 3.05) is 19.7 Å². The molecule has 2 heterocycles. The van der Waals surface area contributed by atoms with Gasteiger partial charge in [-0.3, -0.25) is 4.79 Å². The quantitative estimate of drug-likeness (QED) is 0.816. The van der Waals surface area contributed by atoms with Crippen molar-refractivity contribution in [3.8, 4) is 11.5 Å². The molecule has 132 valence electrons. The average molecular weight is 364 g/mol. The van der Waals surface area contributed by atoms with Gasteiger partial charge in [0.05, 0.1) is 12.6 Å². The maximum atomic E-state index is 12.2. The van der Waals surface area contributed by atoms with Crippen LogP contribution in [0.3, 0.4) is 0 Å². The predicted octanol–water partition coefficient (Wildman–Crippen LogP) is 2.66. The largest absolute Gasteiger partial charge is 0.488 e. The van der Waals surface area contributed by atoms with E-state index in [-0.39, 0.29) is 18.6 Å². The lowest BCUT2D eigenvalue weighted by atomic mass is 10.3. The summed E-state index contributed by atoms with van der Waals surface area (Å²) in [6.45, 7) is 2.70. The molecule has 1 amide bonds. The Morgan fingerprint density at radius 3 is 2.76 bits per heavy atom. The van der Waals surface area contributed by atoms with Crippen molar-refractivity contribution in [2.24, 2.45) is 0 Å². The van der Waals surface area contributed by atoms with E-state index in [2.05, 4.69) is 0 Å². The van der Waals surface area contributed by atoms with Crippen molar-refractivity contribution in [3.63, 3.8) is 0 Å². The first-order valence-electron chi connectivity index (χ1n) is 7.94. The van der Waals surface area contributed by atoms with Crippen LogP contribution in [0.25, 0.3) is 0 Å². The van der Waals surface area contributed by atoms with Crippen molar-refractivity contribution in [1.29, 1.82) is 0 Å². The van der Waals surface area contributed by atoms with Crippen LogP contribution in [-0.2, 0) is 4.79 Å². The third kappa shape index (κ3) is 4.76. The van der Waals surface area contributed by atoms with Gasteiger partial charge in [-0.05, 0) is 31.2 Å². The first-order valence-corrected chi connectivity index (χ1v) is 8.32. The second kappa shape index (κ2) is 7.61. The van der Waals surface area contributed by atoms with E-state index in [4.69, 9.17) is 25.5 Å². The highest BCUT2D eigenvalue weighted by Gasteiger charge is 2.28. The third-order valence-electron chi connectivity index (χ3n) is 3.84. The van der Waals surface area contributed by atoms with Crippen LogP contribution in [0, 0.1) is 6.92 Å². The van der Waals surface area contributed by atoms with Gasteiger partial charge in [0.25, 0.3) is 5.91 Å². The summed E-state index contributed by atoms with van der Waals surface area (Å²) in [5.74, 6) is 1.44. The zero-order valence-electron chi connectivity index (χ0n) is 13.7. The molecule has 1 atom stereocenters. The maximum absolute atomic E-state index is 12.2. The second-order valence-electron chi connectivity index (χ2n) is 5.83. The van der Waals surface area contributed by atoms with Crippen LogP contribution >= 0.6 is 11.6 Å². The van der Waals surface area contributed by atoms with Crippen molar-refractivity contribution < 1.29 is 18.7 Å². The molecule has 1 saturated heterocycles. The number of carbonyl (C=O) groups excluding carboxylic acids is 1. The molecule has 1 unspecified atom stereocenters. The number of rotatable bonds is 5. The van der Waals surface area contributed by atoms with Crippen LogP contribution in [0.15, 0.2) is 45.6 Å². The molecule has 1 aromatic heterocycles. The molecule has 0 bridgehead atoms. The maximum Gasteiger partial charge on any atom is 0.339 e. The van der Waals surface area contributed by atoms with Gasteiger partial charge in [-0.2, -0.15) is 0 Å². The number of nitrogens with zero attached hydrogens (tertiary/aromatic N) is 1. The molecular formula is C18H18ClNO5. The summed E-state index contributed by atoms with van der Waals surface area (Å²) in [5.41, 5.74) is -0.447. The SMILES string of the molecule is Cc1cc(OC2CCN(C(=O)COc3ccc(Cl)cc3)C2)cc(=O)o1. The molecule has 25 heavy (non-hydrogen) atoms. The summed E-state index contributed by atoms with van der Waals surface area (Å²) in [4.78, 5) is 25.3. The molecule has 1 aliphatic rings. The molecular weight excluding hydrogens is 346 g/mol. The first kappa shape index (κ1) is 17.4.